The van der Waals surface area contributed by atoms with Crippen LogP contribution in [0.2, 0.25) is 0 Å². The van der Waals surface area contributed by atoms with E-state index in [4.69, 9.17) is 0 Å². The van der Waals surface area contributed by atoms with E-state index in [1.165, 1.54) is 23.7 Å². The van der Waals surface area contributed by atoms with Gasteiger partial charge in [-0.2, -0.15) is 0 Å². The van der Waals surface area contributed by atoms with Gasteiger partial charge >= 0.3 is 11.7 Å². The number of hydrogen-bond acceptors (Lipinski definition) is 7. The van der Waals surface area contributed by atoms with E-state index in [9.17, 15) is 32.7 Å². The number of sulfonamides is 1. The Balaban J connectivity index is 1.29. The Morgan fingerprint density at radius 2 is 1.61 bits per heavy atom. The number of nitrogens with one attached hydrogen (secondary N) is 2. The van der Waals surface area contributed by atoms with E-state index in [2.05, 4.69) is 15.0 Å². The molecule has 1 amide bonds. The highest BCUT2D eigenvalue weighted by Crippen LogP contribution is 2.26. The monoisotopic (exact) mass is 685 g/mol. The predicted octanol–water partition coefficient (Wildman–Crippen LogP) is 3.80. The van der Waals surface area contributed by atoms with E-state index in [0.29, 0.717) is 33.6 Å². The second-order valence-electron chi connectivity index (χ2n) is 11.4. The fourth-order valence-electron chi connectivity index (χ4n) is 5.37. The lowest BCUT2D eigenvalue weighted by Crippen LogP contribution is -2.42. The number of carboxylic acid groups (broad SMARTS) is 1. The topological polar surface area (TPSA) is 169 Å². The molecule has 0 aliphatic carbocycles. The highest BCUT2D eigenvalue weighted by atomic mass is 32.2. The summed E-state index contributed by atoms with van der Waals surface area (Å²) in [6.07, 6.45) is 1.46. The van der Waals surface area contributed by atoms with Crippen LogP contribution in [0.4, 0.5) is 10.1 Å². The zero-order valence-corrected chi connectivity index (χ0v) is 27.7. The van der Waals surface area contributed by atoms with Crippen LogP contribution < -0.4 is 21.3 Å². The van der Waals surface area contributed by atoms with E-state index in [-0.39, 0.29) is 17.0 Å². The first-order chi connectivity index (χ1) is 23.2. The van der Waals surface area contributed by atoms with Crippen molar-refractivity contribution in [1.82, 2.24) is 19.4 Å². The molecule has 5 rings (SSSR count). The van der Waals surface area contributed by atoms with Gasteiger partial charge in [0, 0.05) is 38.0 Å². The number of nitrogens with zero attached hydrogens (tertiary/aromatic N) is 3. The fraction of sp³-hybridized carbons (Fsp3) is 0.171. The number of aromatic nitrogens is 3. The normalized spacial score (nSPS) is 11.9. The van der Waals surface area contributed by atoms with Crippen LogP contribution in [0.1, 0.15) is 27.2 Å². The van der Waals surface area contributed by atoms with Crippen LogP contribution in [-0.2, 0) is 35.3 Å². The number of pyridine rings is 1. The number of carboxylic acids is 1. The smallest absolute Gasteiger partial charge is 0.330 e. The fourth-order valence-corrected chi connectivity index (χ4v) is 6.65. The summed E-state index contributed by atoms with van der Waals surface area (Å²) in [4.78, 5) is 54.2. The van der Waals surface area contributed by atoms with Gasteiger partial charge < -0.3 is 15.0 Å². The number of aliphatic carboxylic acids is 1. The zero-order chi connectivity index (χ0) is 35.6. The maximum atomic E-state index is 15.1. The van der Waals surface area contributed by atoms with Gasteiger partial charge in [0.15, 0.2) is 0 Å². The number of carbonyl (C=O) groups excluding carboxylic acids is 1. The second kappa shape index (κ2) is 13.7. The summed E-state index contributed by atoms with van der Waals surface area (Å²) in [5.41, 5.74) is 2.06. The van der Waals surface area contributed by atoms with Crippen molar-refractivity contribution < 1.29 is 27.5 Å². The summed E-state index contributed by atoms with van der Waals surface area (Å²) in [5.74, 6) is -3.45. The molecule has 0 aliphatic heterocycles. The van der Waals surface area contributed by atoms with Crippen molar-refractivity contribution >= 4 is 27.6 Å². The molecule has 0 radical (unpaired) electrons. The van der Waals surface area contributed by atoms with E-state index in [0.717, 1.165) is 22.3 Å². The Bertz CT molecular complexity index is 2320. The molecular weight excluding hydrogens is 653 g/mol. The van der Waals surface area contributed by atoms with Crippen LogP contribution in [0.3, 0.4) is 0 Å². The van der Waals surface area contributed by atoms with Gasteiger partial charge in [-0.15, -0.1) is 0 Å². The lowest BCUT2D eigenvalue weighted by molar-refractivity contribution is -0.139. The molecule has 0 aliphatic rings. The lowest BCUT2D eigenvalue weighted by Gasteiger charge is -2.16. The van der Waals surface area contributed by atoms with Crippen LogP contribution in [0.5, 0.6) is 0 Å². The number of amides is 1. The van der Waals surface area contributed by atoms with Gasteiger partial charge in [0.2, 0.25) is 0 Å². The maximum absolute atomic E-state index is 15.1. The van der Waals surface area contributed by atoms with Crippen molar-refractivity contribution in [3.63, 3.8) is 0 Å². The number of halogens is 1. The van der Waals surface area contributed by atoms with Crippen LogP contribution >= 0.6 is 0 Å². The molecule has 5 aromatic rings. The van der Waals surface area contributed by atoms with Gasteiger partial charge in [-0.05, 0) is 73.0 Å². The number of rotatable bonds is 10. The van der Waals surface area contributed by atoms with E-state index >= 15 is 4.39 Å². The highest BCUT2D eigenvalue weighted by Gasteiger charge is 2.24. The molecule has 2 aromatic heterocycles. The van der Waals surface area contributed by atoms with Crippen LogP contribution in [0.15, 0.2) is 99.5 Å². The van der Waals surface area contributed by atoms with Crippen molar-refractivity contribution in [2.75, 3.05) is 4.72 Å². The molecule has 0 bridgehead atoms. The van der Waals surface area contributed by atoms with Crippen molar-refractivity contribution in [2.24, 2.45) is 14.1 Å². The number of anilines is 1. The zero-order valence-electron chi connectivity index (χ0n) is 26.9. The summed E-state index contributed by atoms with van der Waals surface area (Å²) >= 11 is 0. The third-order valence-electron chi connectivity index (χ3n) is 8.13. The molecular formula is C35H32FN5O7S. The van der Waals surface area contributed by atoms with Crippen LogP contribution in [0, 0.1) is 19.7 Å². The molecule has 0 fully saturated rings. The number of carbonyl (C=O) groups is 2. The van der Waals surface area contributed by atoms with Gasteiger partial charge in [-0.25, -0.2) is 22.4 Å². The summed E-state index contributed by atoms with van der Waals surface area (Å²) in [6, 6.07) is 18.2. The number of aryl methyl sites for hydroxylation is 1. The van der Waals surface area contributed by atoms with Gasteiger partial charge in [0.1, 0.15) is 11.9 Å². The SMILES string of the molecule is Cc1cc(-c2ccccn2)ccc1S(=O)(=O)Nc1ccc(C(=O)N[C@@H](Cc2ccc(-c3c(C)n(C)c(=O)n(C)c3=O)cc2)C(=O)O)c(F)c1. The van der Waals surface area contributed by atoms with Crippen molar-refractivity contribution in [3.05, 3.63) is 134 Å². The molecule has 3 aromatic carbocycles. The third kappa shape index (κ3) is 7.18. The molecule has 3 N–H and O–H groups in total. The average Bonchev–Trinajstić information content (AvgIpc) is 3.07. The first-order valence-electron chi connectivity index (χ1n) is 14.9. The van der Waals surface area contributed by atoms with Crippen molar-refractivity contribution in [1.29, 1.82) is 0 Å². The second-order valence-corrected chi connectivity index (χ2v) is 13.1. The molecule has 14 heteroatoms. The summed E-state index contributed by atoms with van der Waals surface area (Å²) in [6.45, 7) is 3.27. The van der Waals surface area contributed by atoms with Gasteiger partial charge in [-0.1, -0.05) is 36.4 Å². The van der Waals surface area contributed by atoms with Crippen LogP contribution in [0.25, 0.3) is 22.4 Å². The highest BCUT2D eigenvalue weighted by molar-refractivity contribution is 7.92. The maximum Gasteiger partial charge on any atom is 0.330 e. The molecule has 0 spiro atoms. The van der Waals surface area contributed by atoms with Crippen molar-refractivity contribution in [3.8, 4) is 22.4 Å². The molecule has 0 saturated heterocycles. The van der Waals surface area contributed by atoms with E-state index in [1.54, 1.807) is 75.6 Å². The summed E-state index contributed by atoms with van der Waals surface area (Å²) in [7, 11) is -1.21. The number of hydrogen-bond donors (Lipinski definition) is 3. The summed E-state index contributed by atoms with van der Waals surface area (Å²) < 4.78 is 46.1. The Hall–Kier alpha value is -5.89. The summed E-state index contributed by atoms with van der Waals surface area (Å²) in [5, 5.41) is 12.1. The minimum Gasteiger partial charge on any atom is -0.480 e. The molecule has 252 valence electrons. The Morgan fingerprint density at radius 3 is 2.22 bits per heavy atom. The van der Waals surface area contributed by atoms with Gasteiger partial charge in [0.25, 0.3) is 21.5 Å². The Morgan fingerprint density at radius 1 is 0.918 bits per heavy atom. The third-order valence-corrected chi connectivity index (χ3v) is 9.68. The Kier molecular flexibility index (Phi) is 9.62. The minimum absolute atomic E-state index is 0.0290. The minimum atomic E-state index is -4.14. The van der Waals surface area contributed by atoms with E-state index in [1.807, 2.05) is 6.07 Å². The van der Waals surface area contributed by atoms with Crippen LogP contribution in [-0.4, -0.2) is 45.6 Å². The Labute approximate surface area is 280 Å². The quantitative estimate of drug-likeness (QED) is 0.200. The molecule has 1 atom stereocenters. The molecule has 49 heavy (non-hydrogen) atoms. The first-order valence-corrected chi connectivity index (χ1v) is 16.4. The van der Waals surface area contributed by atoms with Crippen molar-refractivity contribution in [2.45, 2.75) is 31.2 Å². The largest absolute Gasteiger partial charge is 0.480 e. The lowest BCUT2D eigenvalue weighted by atomic mass is 10.00. The average molecular weight is 686 g/mol. The first kappa shape index (κ1) is 34.4. The molecule has 0 unspecified atom stereocenters. The standard InChI is InChI=1S/C35H32FN5O7S/c1-20-17-24(28-7-5-6-16-37-28)12-15-30(20)49(47,48)39-25-13-14-26(27(36)19-25)32(42)38-29(34(44)45)18-22-8-10-23(11-9-22)31-21(2)40(3)35(46)41(4)33(31)43/h5-17,19,29,39H,18H2,1-4H3,(H,38,42)(H,44,45)/t29-/m0/s1. The molecule has 0 saturated carbocycles. The number of benzene rings is 3. The molecule has 12 nitrogen and oxygen atoms in total. The molecule has 2 heterocycles. The predicted molar refractivity (Wildman–Crippen MR) is 181 cm³/mol. The van der Waals surface area contributed by atoms with E-state index < -0.39 is 50.6 Å². The van der Waals surface area contributed by atoms with Gasteiger partial charge in [-0.3, -0.25) is 23.9 Å². The van der Waals surface area contributed by atoms with Gasteiger partial charge in [0.05, 0.1) is 27.4 Å².